The first kappa shape index (κ1) is 23.3. The van der Waals surface area contributed by atoms with Crippen LogP contribution in [0.5, 0.6) is 5.75 Å². The fraction of sp³-hybridized carbons (Fsp3) is 0.391. The van der Waals surface area contributed by atoms with E-state index < -0.39 is 9.84 Å². The zero-order valence-electron chi connectivity index (χ0n) is 17.6. The maximum atomic E-state index is 12.8. The van der Waals surface area contributed by atoms with Crippen LogP contribution in [0.1, 0.15) is 36.2 Å². The SMILES string of the molecule is CC(C)CN(C(=O)COc1ccc(C(=O)c2ccc(Cl)cc2)cc1)C1CCS(=O)(=O)C1. The summed E-state index contributed by atoms with van der Waals surface area (Å²) in [6.45, 7) is 4.27. The van der Waals surface area contributed by atoms with Crippen molar-refractivity contribution in [2.75, 3.05) is 24.7 Å². The van der Waals surface area contributed by atoms with Gasteiger partial charge in [-0.3, -0.25) is 9.59 Å². The maximum Gasteiger partial charge on any atom is 0.260 e. The molecule has 1 amide bonds. The molecule has 2 aromatic rings. The number of amides is 1. The van der Waals surface area contributed by atoms with Crippen molar-refractivity contribution in [1.82, 2.24) is 4.90 Å². The van der Waals surface area contributed by atoms with E-state index in [2.05, 4.69) is 0 Å². The summed E-state index contributed by atoms with van der Waals surface area (Å²) in [7, 11) is -3.09. The monoisotopic (exact) mass is 463 g/mol. The molecule has 0 saturated carbocycles. The number of carbonyl (C=O) groups excluding carboxylic acids is 2. The Bertz CT molecular complexity index is 1030. The van der Waals surface area contributed by atoms with Gasteiger partial charge in [-0.25, -0.2) is 8.42 Å². The third-order valence-corrected chi connectivity index (χ3v) is 7.12. The van der Waals surface area contributed by atoms with Gasteiger partial charge >= 0.3 is 0 Å². The Labute approximate surface area is 188 Å². The summed E-state index contributed by atoms with van der Waals surface area (Å²) in [6.07, 6.45) is 0.461. The summed E-state index contributed by atoms with van der Waals surface area (Å²) >= 11 is 5.86. The highest BCUT2D eigenvalue weighted by atomic mass is 35.5. The average Bonchev–Trinajstić information content (AvgIpc) is 3.10. The van der Waals surface area contributed by atoms with Crippen LogP contribution in [-0.4, -0.2) is 55.7 Å². The molecular weight excluding hydrogens is 438 g/mol. The molecule has 0 spiro atoms. The Balaban J connectivity index is 1.62. The maximum absolute atomic E-state index is 12.8. The third kappa shape index (κ3) is 6.31. The van der Waals surface area contributed by atoms with Crippen LogP contribution in [-0.2, 0) is 14.6 Å². The molecule has 1 aliphatic rings. The fourth-order valence-electron chi connectivity index (χ4n) is 3.57. The van der Waals surface area contributed by atoms with Gasteiger partial charge in [-0.1, -0.05) is 25.4 Å². The van der Waals surface area contributed by atoms with Crippen molar-refractivity contribution in [2.24, 2.45) is 5.92 Å². The molecule has 2 aromatic carbocycles. The number of hydrogen-bond acceptors (Lipinski definition) is 5. The second-order valence-corrected chi connectivity index (χ2v) is 10.8. The van der Waals surface area contributed by atoms with E-state index in [1.54, 1.807) is 53.4 Å². The molecule has 1 atom stereocenters. The quantitative estimate of drug-likeness (QED) is 0.558. The first-order valence-corrected chi connectivity index (χ1v) is 12.4. The van der Waals surface area contributed by atoms with Crippen LogP contribution in [0.3, 0.4) is 0 Å². The number of rotatable bonds is 8. The van der Waals surface area contributed by atoms with Crippen LogP contribution >= 0.6 is 11.6 Å². The molecule has 0 bridgehead atoms. The number of hydrogen-bond donors (Lipinski definition) is 0. The van der Waals surface area contributed by atoms with Gasteiger partial charge < -0.3 is 9.64 Å². The highest BCUT2D eigenvalue weighted by Gasteiger charge is 2.34. The zero-order valence-corrected chi connectivity index (χ0v) is 19.2. The summed E-state index contributed by atoms with van der Waals surface area (Å²) in [5.41, 5.74) is 1.03. The van der Waals surface area contributed by atoms with Gasteiger partial charge in [0.1, 0.15) is 5.75 Å². The van der Waals surface area contributed by atoms with Gasteiger partial charge in [0.25, 0.3) is 5.91 Å². The Morgan fingerprint density at radius 2 is 1.65 bits per heavy atom. The molecule has 1 saturated heterocycles. The molecule has 3 rings (SSSR count). The van der Waals surface area contributed by atoms with Crippen LogP contribution in [0.4, 0.5) is 0 Å². The smallest absolute Gasteiger partial charge is 0.260 e. The van der Waals surface area contributed by atoms with Gasteiger partial charge in [-0.05, 0) is 60.9 Å². The molecule has 1 heterocycles. The second kappa shape index (κ2) is 9.83. The molecule has 8 heteroatoms. The lowest BCUT2D eigenvalue weighted by Gasteiger charge is -2.29. The molecule has 0 aromatic heterocycles. The highest BCUT2D eigenvalue weighted by molar-refractivity contribution is 7.91. The second-order valence-electron chi connectivity index (χ2n) is 8.15. The molecule has 0 N–H and O–H groups in total. The minimum atomic E-state index is -3.09. The molecular formula is C23H26ClNO5S. The molecule has 6 nitrogen and oxygen atoms in total. The zero-order chi connectivity index (χ0) is 22.6. The largest absolute Gasteiger partial charge is 0.484 e. The fourth-order valence-corrected chi connectivity index (χ4v) is 5.42. The van der Waals surface area contributed by atoms with Gasteiger partial charge in [-0.15, -0.1) is 0 Å². The number of nitrogens with zero attached hydrogens (tertiary/aromatic N) is 1. The topological polar surface area (TPSA) is 80.8 Å². The third-order valence-electron chi connectivity index (χ3n) is 5.12. The van der Waals surface area contributed by atoms with Crippen molar-refractivity contribution < 1.29 is 22.7 Å². The van der Waals surface area contributed by atoms with E-state index in [4.69, 9.17) is 16.3 Å². The summed E-state index contributed by atoms with van der Waals surface area (Å²) < 4.78 is 29.3. The first-order valence-electron chi connectivity index (χ1n) is 10.2. The molecule has 0 radical (unpaired) electrons. The molecule has 1 fully saturated rings. The molecule has 166 valence electrons. The lowest BCUT2D eigenvalue weighted by atomic mass is 10.0. The van der Waals surface area contributed by atoms with E-state index in [0.717, 1.165) is 0 Å². The minimum absolute atomic E-state index is 0.00691. The summed E-state index contributed by atoms with van der Waals surface area (Å²) in [4.78, 5) is 26.9. The van der Waals surface area contributed by atoms with E-state index in [-0.39, 0.29) is 41.8 Å². The average molecular weight is 464 g/mol. The standard InChI is InChI=1S/C23H26ClNO5S/c1-16(2)13-25(20-11-12-31(28,29)15-20)22(26)14-30-21-9-5-18(6-10-21)23(27)17-3-7-19(24)8-4-17/h3-10,16,20H,11-15H2,1-2H3. The van der Waals surface area contributed by atoms with Gasteiger partial charge in [0, 0.05) is 28.7 Å². The first-order chi connectivity index (χ1) is 14.6. The number of ketones is 1. The molecule has 1 aliphatic heterocycles. The summed E-state index contributed by atoms with van der Waals surface area (Å²) in [6, 6.07) is 12.9. The lowest BCUT2D eigenvalue weighted by molar-refractivity contribution is -0.135. The number of sulfone groups is 1. The highest BCUT2D eigenvalue weighted by Crippen LogP contribution is 2.21. The van der Waals surface area contributed by atoms with Gasteiger partial charge in [0.05, 0.1) is 11.5 Å². The van der Waals surface area contributed by atoms with Gasteiger partial charge in [0.2, 0.25) is 0 Å². The predicted octanol–water partition coefficient (Wildman–Crippen LogP) is 3.62. The van der Waals surface area contributed by atoms with E-state index >= 15 is 0 Å². The van der Waals surface area contributed by atoms with Crippen molar-refractivity contribution in [2.45, 2.75) is 26.3 Å². The molecule has 0 aliphatic carbocycles. The van der Waals surface area contributed by atoms with Crippen molar-refractivity contribution in [3.8, 4) is 5.75 Å². The molecule has 1 unspecified atom stereocenters. The van der Waals surface area contributed by atoms with E-state index in [1.807, 2.05) is 13.8 Å². The number of ether oxygens (including phenoxy) is 1. The van der Waals surface area contributed by atoms with E-state index in [1.165, 1.54) is 0 Å². The van der Waals surface area contributed by atoms with Crippen LogP contribution in [0, 0.1) is 5.92 Å². The van der Waals surface area contributed by atoms with Crippen LogP contribution in [0.15, 0.2) is 48.5 Å². The molecule has 31 heavy (non-hydrogen) atoms. The van der Waals surface area contributed by atoms with E-state index in [9.17, 15) is 18.0 Å². The van der Waals surface area contributed by atoms with Crippen molar-refractivity contribution in [1.29, 1.82) is 0 Å². The van der Waals surface area contributed by atoms with Gasteiger partial charge in [0.15, 0.2) is 22.2 Å². The Hall–Kier alpha value is -2.38. The van der Waals surface area contributed by atoms with Crippen LogP contribution < -0.4 is 4.74 Å². The summed E-state index contributed by atoms with van der Waals surface area (Å²) in [5.74, 6) is 0.424. The van der Waals surface area contributed by atoms with E-state index in [0.29, 0.717) is 34.9 Å². The Kier molecular flexibility index (Phi) is 7.38. The lowest BCUT2D eigenvalue weighted by Crippen LogP contribution is -2.45. The Morgan fingerprint density at radius 3 is 2.16 bits per heavy atom. The summed E-state index contributed by atoms with van der Waals surface area (Å²) in [5, 5.41) is 0.562. The number of carbonyl (C=O) groups is 2. The van der Waals surface area contributed by atoms with Crippen molar-refractivity contribution in [3.63, 3.8) is 0 Å². The normalized spacial score (nSPS) is 17.5. The van der Waals surface area contributed by atoms with Crippen LogP contribution in [0.25, 0.3) is 0 Å². The van der Waals surface area contributed by atoms with Crippen LogP contribution in [0.2, 0.25) is 5.02 Å². The predicted molar refractivity (Wildman–Crippen MR) is 120 cm³/mol. The van der Waals surface area contributed by atoms with Crippen molar-refractivity contribution >= 4 is 33.1 Å². The minimum Gasteiger partial charge on any atom is -0.484 e. The van der Waals surface area contributed by atoms with Crippen molar-refractivity contribution in [3.05, 3.63) is 64.7 Å². The number of halogens is 1. The van der Waals surface area contributed by atoms with Gasteiger partial charge in [-0.2, -0.15) is 0 Å². The number of benzene rings is 2. The Morgan fingerprint density at radius 1 is 1.06 bits per heavy atom.